The van der Waals surface area contributed by atoms with Crippen molar-refractivity contribution in [2.24, 2.45) is 10.9 Å². The van der Waals surface area contributed by atoms with Crippen LogP contribution >= 0.6 is 0 Å². The van der Waals surface area contributed by atoms with Crippen molar-refractivity contribution in [3.8, 4) is 0 Å². The van der Waals surface area contributed by atoms with E-state index in [2.05, 4.69) is 36.5 Å². The second-order valence-corrected chi connectivity index (χ2v) is 11.5. The summed E-state index contributed by atoms with van der Waals surface area (Å²) in [6.07, 6.45) is 4.73. The molecule has 39 heavy (non-hydrogen) atoms. The molecule has 214 valence electrons. The largest absolute Gasteiger partial charge is 0.444 e. The first-order chi connectivity index (χ1) is 18.6. The molecule has 6 nitrogen and oxygen atoms in total. The predicted molar refractivity (Wildman–Crippen MR) is 156 cm³/mol. The molecule has 2 N–H and O–H groups in total. The molecule has 3 rings (SSSR count). The SMILES string of the molecule is CCC(NC(CCc1ccc(F)cc1)=NCCCc1ccccc1)C(O)C1CCN(C(=O)OC(C)(C)C)CC1. The Morgan fingerprint density at radius 2 is 1.72 bits per heavy atom. The number of aliphatic hydroxyl groups excluding tert-OH is 1. The third-order valence-electron chi connectivity index (χ3n) is 7.21. The number of aryl methyl sites for hydroxylation is 2. The van der Waals surface area contributed by atoms with Gasteiger partial charge in [0.25, 0.3) is 0 Å². The number of halogens is 1. The number of ether oxygens (including phenoxy) is 1. The Morgan fingerprint density at radius 1 is 1.08 bits per heavy atom. The van der Waals surface area contributed by atoms with Gasteiger partial charge in [0, 0.05) is 26.1 Å². The van der Waals surface area contributed by atoms with E-state index in [0.717, 1.165) is 49.9 Å². The highest BCUT2D eigenvalue weighted by Crippen LogP contribution is 2.25. The van der Waals surface area contributed by atoms with Gasteiger partial charge in [-0.3, -0.25) is 4.99 Å². The van der Waals surface area contributed by atoms with E-state index in [-0.39, 0.29) is 23.9 Å². The van der Waals surface area contributed by atoms with Crippen molar-refractivity contribution < 1.29 is 19.0 Å². The lowest BCUT2D eigenvalue weighted by atomic mass is 9.86. The number of piperidine rings is 1. The fourth-order valence-corrected chi connectivity index (χ4v) is 4.97. The highest BCUT2D eigenvalue weighted by Gasteiger charge is 2.33. The molecule has 7 heteroatoms. The lowest BCUT2D eigenvalue weighted by molar-refractivity contribution is 0.00269. The number of aliphatic hydroxyl groups is 1. The van der Waals surface area contributed by atoms with Crippen LogP contribution in [0.15, 0.2) is 59.6 Å². The summed E-state index contributed by atoms with van der Waals surface area (Å²) in [5.41, 5.74) is 1.83. The monoisotopic (exact) mass is 539 g/mol. The quantitative estimate of drug-likeness (QED) is 0.204. The zero-order valence-electron chi connectivity index (χ0n) is 24.0. The summed E-state index contributed by atoms with van der Waals surface area (Å²) in [4.78, 5) is 19.1. The topological polar surface area (TPSA) is 74.2 Å². The van der Waals surface area contributed by atoms with Crippen molar-refractivity contribution in [3.63, 3.8) is 0 Å². The standard InChI is InChI=1S/C32H46FN3O3/c1-5-28(30(37)26-19-22-36(23-20-26)31(38)39-32(2,3)4)35-29(18-15-25-13-16-27(33)17-14-25)34-21-9-12-24-10-7-6-8-11-24/h6-8,10-11,13-14,16-17,26,28,30,37H,5,9,12,15,18-23H2,1-4H3,(H,34,35). The molecule has 2 unspecified atom stereocenters. The van der Waals surface area contributed by atoms with Gasteiger partial charge in [0.2, 0.25) is 0 Å². The first-order valence-corrected chi connectivity index (χ1v) is 14.4. The number of hydrogen-bond acceptors (Lipinski definition) is 4. The zero-order valence-corrected chi connectivity index (χ0v) is 24.0. The third kappa shape index (κ3) is 10.6. The molecule has 1 fully saturated rings. The van der Waals surface area contributed by atoms with Crippen LogP contribution in [0.2, 0.25) is 0 Å². The Morgan fingerprint density at radius 3 is 2.33 bits per heavy atom. The van der Waals surface area contributed by atoms with Crippen molar-refractivity contribution in [2.45, 2.75) is 90.4 Å². The lowest BCUT2D eigenvalue weighted by Crippen LogP contribution is -2.50. The van der Waals surface area contributed by atoms with E-state index in [9.17, 15) is 14.3 Å². The predicted octanol–water partition coefficient (Wildman–Crippen LogP) is 6.17. The Labute approximate surface area is 233 Å². The van der Waals surface area contributed by atoms with E-state index in [1.54, 1.807) is 4.90 Å². The summed E-state index contributed by atoms with van der Waals surface area (Å²) in [5.74, 6) is 0.737. The van der Waals surface area contributed by atoms with Gasteiger partial charge in [-0.05, 0) is 88.5 Å². The van der Waals surface area contributed by atoms with Gasteiger partial charge < -0.3 is 20.1 Å². The highest BCUT2D eigenvalue weighted by atomic mass is 19.1. The molecule has 1 amide bonds. The maximum Gasteiger partial charge on any atom is 0.410 e. The number of rotatable bonds is 11. The summed E-state index contributed by atoms with van der Waals surface area (Å²) in [5, 5.41) is 14.9. The maximum absolute atomic E-state index is 13.4. The van der Waals surface area contributed by atoms with E-state index in [0.29, 0.717) is 26.1 Å². The van der Waals surface area contributed by atoms with E-state index in [1.165, 1.54) is 17.7 Å². The van der Waals surface area contributed by atoms with Gasteiger partial charge in [0.1, 0.15) is 11.4 Å². The van der Waals surface area contributed by atoms with Crippen LogP contribution in [-0.2, 0) is 17.6 Å². The number of benzene rings is 2. The van der Waals surface area contributed by atoms with Crippen LogP contribution in [0, 0.1) is 11.7 Å². The minimum Gasteiger partial charge on any atom is -0.444 e. The smallest absolute Gasteiger partial charge is 0.410 e. The highest BCUT2D eigenvalue weighted by molar-refractivity contribution is 5.82. The van der Waals surface area contributed by atoms with Crippen molar-refractivity contribution in [1.82, 2.24) is 10.2 Å². The summed E-state index contributed by atoms with van der Waals surface area (Å²) in [6, 6.07) is 16.9. The number of carbonyl (C=O) groups excluding carboxylic acids is 1. The van der Waals surface area contributed by atoms with Crippen LogP contribution in [0.1, 0.15) is 70.9 Å². The molecular formula is C32H46FN3O3. The average Bonchev–Trinajstić information content (AvgIpc) is 2.92. The molecule has 0 aliphatic carbocycles. The molecule has 0 aromatic heterocycles. The minimum absolute atomic E-state index is 0.0950. The van der Waals surface area contributed by atoms with Crippen molar-refractivity contribution >= 4 is 11.9 Å². The number of amides is 1. The number of nitrogens with one attached hydrogen (secondary N) is 1. The van der Waals surface area contributed by atoms with E-state index in [1.807, 2.05) is 39.0 Å². The van der Waals surface area contributed by atoms with Gasteiger partial charge in [-0.25, -0.2) is 9.18 Å². The normalized spacial score (nSPS) is 16.6. The molecule has 2 atom stereocenters. The average molecular weight is 540 g/mol. The summed E-state index contributed by atoms with van der Waals surface area (Å²) in [7, 11) is 0. The Bertz CT molecular complexity index is 1030. The molecule has 0 bridgehead atoms. The van der Waals surface area contributed by atoms with Crippen LogP contribution in [0.3, 0.4) is 0 Å². The van der Waals surface area contributed by atoms with Gasteiger partial charge in [0.05, 0.1) is 18.0 Å². The number of likely N-dealkylation sites (tertiary alicyclic amines) is 1. The molecule has 2 aromatic carbocycles. The van der Waals surface area contributed by atoms with E-state index >= 15 is 0 Å². The van der Waals surface area contributed by atoms with Gasteiger partial charge in [-0.2, -0.15) is 0 Å². The fraction of sp³-hybridized carbons (Fsp3) is 0.562. The van der Waals surface area contributed by atoms with Gasteiger partial charge in [0.15, 0.2) is 0 Å². The Kier molecular flexibility index (Phi) is 11.8. The molecule has 1 aliphatic rings. The number of hydrogen-bond donors (Lipinski definition) is 2. The molecule has 1 aliphatic heterocycles. The second-order valence-electron chi connectivity index (χ2n) is 11.5. The van der Waals surface area contributed by atoms with Crippen molar-refractivity contribution in [3.05, 3.63) is 71.5 Å². The molecule has 0 radical (unpaired) electrons. The van der Waals surface area contributed by atoms with Crippen LogP contribution in [-0.4, -0.2) is 59.3 Å². The maximum atomic E-state index is 13.4. The molecular weight excluding hydrogens is 493 g/mol. The minimum atomic E-state index is -0.545. The van der Waals surface area contributed by atoms with Gasteiger partial charge >= 0.3 is 6.09 Å². The number of nitrogens with zero attached hydrogens (tertiary/aromatic N) is 2. The van der Waals surface area contributed by atoms with Crippen LogP contribution < -0.4 is 5.32 Å². The Hall–Kier alpha value is -2.93. The zero-order chi connectivity index (χ0) is 28.3. The number of carbonyl (C=O) groups is 1. The summed E-state index contributed by atoms with van der Waals surface area (Å²) >= 11 is 0. The van der Waals surface area contributed by atoms with Crippen molar-refractivity contribution in [1.29, 1.82) is 0 Å². The van der Waals surface area contributed by atoms with E-state index < -0.39 is 11.7 Å². The van der Waals surface area contributed by atoms with Crippen LogP contribution in [0.25, 0.3) is 0 Å². The molecule has 1 saturated heterocycles. The van der Waals surface area contributed by atoms with Crippen LogP contribution in [0.4, 0.5) is 9.18 Å². The number of amidine groups is 1. The summed E-state index contributed by atoms with van der Waals surface area (Å²) in [6.45, 7) is 9.54. The van der Waals surface area contributed by atoms with Crippen LogP contribution in [0.5, 0.6) is 0 Å². The first-order valence-electron chi connectivity index (χ1n) is 14.4. The second kappa shape index (κ2) is 15.0. The molecule has 1 heterocycles. The Balaban J connectivity index is 1.59. The fourth-order valence-electron chi connectivity index (χ4n) is 4.97. The van der Waals surface area contributed by atoms with Crippen molar-refractivity contribution in [2.75, 3.05) is 19.6 Å². The van der Waals surface area contributed by atoms with Gasteiger partial charge in [-0.15, -0.1) is 0 Å². The lowest BCUT2D eigenvalue weighted by Gasteiger charge is -2.37. The first kappa shape index (κ1) is 30.6. The third-order valence-corrected chi connectivity index (χ3v) is 7.21. The molecule has 0 saturated carbocycles. The summed E-state index contributed by atoms with van der Waals surface area (Å²) < 4.78 is 18.9. The van der Waals surface area contributed by atoms with E-state index in [4.69, 9.17) is 9.73 Å². The molecule has 2 aromatic rings. The molecule has 0 spiro atoms. The van der Waals surface area contributed by atoms with Gasteiger partial charge in [-0.1, -0.05) is 49.4 Å². The number of aliphatic imine (C=N–C) groups is 1.